The standard InChI is InChI=1S/C11H10N2O2/c1-2-15-11(14)9(8-12)7-10-5-3-4-6-13-10/h3-7H,2H2,1H3/b9-7+. The molecule has 0 aliphatic heterocycles. The van der Waals surface area contributed by atoms with Crippen LogP contribution >= 0.6 is 0 Å². The summed E-state index contributed by atoms with van der Waals surface area (Å²) in [5.41, 5.74) is 0.512. The van der Waals surface area contributed by atoms with Crippen LogP contribution < -0.4 is 0 Å². The maximum absolute atomic E-state index is 11.2. The Morgan fingerprint density at radius 1 is 1.67 bits per heavy atom. The van der Waals surface area contributed by atoms with Crippen molar-refractivity contribution >= 4 is 12.0 Å². The van der Waals surface area contributed by atoms with Gasteiger partial charge in [0, 0.05) is 6.20 Å². The number of nitriles is 1. The highest BCUT2D eigenvalue weighted by molar-refractivity contribution is 5.97. The number of esters is 1. The van der Waals surface area contributed by atoms with Crippen LogP contribution in [0.1, 0.15) is 12.6 Å². The summed E-state index contributed by atoms with van der Waals surface area (Å²) in [5.74, 6) is -0.620. The first kappa shape index (κ1) is 10.9. The molecule has 0 amide bonds. The van der Waals surface area contributed by atoms with Gasteiger partial charge in [-0.15, -0.1) is 0 Å². The van der Waals surface area contributed by atoms with Crippen molar-refractivity contribution in [1.29, 1.82) is 5.26 Å². The first-order valence-electron chi connectivity index (χ1n) is 4.48. The predicted molar refractivity (Wildman–Crippen MR) is 54.5 cm³/mol. The van der Waals surface area contributed by atoms with Crippen molar-refractivity contribution in [2.24, 2.45) is 0 Å². The average molecular weight is 202 g/mol. The van der Waals surface area contributed by atoms with Gasteiger partial charge in [0.1, 0.15) is 11.6 Å². The van der Waals surface area contributed by atoms with Crippen LogP contribution in [0, 0.1) is 11.3 Å². The summed E-state index contributed by atoms with van der Waals surface area (Å²) in [5, 5.41) is 8.74. The molecule has 0 N–H and O–H groups in total. The van der Waals surface area contributed by atoms with Gasteiger partial charge in [0.2, 0.25) is 0 Å². The van der Waals surface area contributed by atoms with Crippen molar-refractivity contribution in [2.75, 3.05) is 6.61 Å². The molecule has 0 atom stereocenters. The third-order valence-corrected chi connectivity index (χ3v) is 1.60. The average Bonchev–Trinajstić information content (AvgIpc) is 2.27. The molecule has 0 aliphatic carbocycles. The van der Waals surface area contributed by atoms with Crippen LogP contribution in [-0.4, -0.2) is 17.6 Å². The lowest BCUT2D eigenvalue weighted by Gasteiger charge is -1.98. The molecule has 0 saturated heterocycles. The summed E-state index contributed by atoms with van der Waals surface area (Å²) in [6.45, 7) is 1.94. The number of pyridine rings is 1. The SMILES string of the molecule is CCOC(=O)/C(C#N)=C/c1ccccn1. The Morgan fingerprint density at radius 2 is 2.47 bits per heavy atom. The van der Waals surface area contributed by atoms with Crippen LogP contribution in [0.2, 0.25) is 0 Å². The third kappa shape index (κ3) is 3.24. The Morgan fingerprint density at radius 3 is 3.00 bits per heavy atom. The topological polar surface area (TPSA) is 63.0 Å². The Bertz CT molecular complexity index is 404. The molecule has 76 valence electrons. The number of hydrogen-bond acceptors (Lipinski definition) is 4. The predicted octanol–water partition coefficient (Wildman–Crippen LogP) is 1.55. The van der Waals surface area contributed by atoms with E-state index in [1.54, 1.807) is 37.4 Å². The van der Waals surface area contributed by atoms with Crippen LogP contribution in [0.3, 0.4) is 0 Å². The van der Waals surface area contributed by atoms with Crippen molar-refractivity contribution in [2.45, 2.75) is 6.92 Å². The second kappa shape index (κ2) is 5.55. The van der Waals surface area contributed by atoms with Crippen molar-refractivity contribution in [3.8, 4) is 6.07 Å². The summed E-state index contributed by atoms with van der Waals surface area (Å²) >= 11 is 0. The van der Waals surface area contributed by atoms with Gasteiger partial charge in [-0.3, -0.25) is 4.98 Å². The molecule has 0 bridgehead atoms. The van der Waals surface area contributed by atoms with E-state index in [-0.39, 0.29) is 12.2 Å². The molecular formula is C11H10N2O2. The molecule has 0 saturated carbocycles. The second-order valence-electron chi connectivity index (χ2n) is 2.64. The van der Waals surface area contributed by atoms with Crippen molar-refractivity contribution < 1.29 is 9.53 Å². The van der Waals surface area contributed by atoms with Crippen molar-refractivity contribution in [3.05, 3.63) is 35.7 Å². The Labute approximate surface area is 87.8 Å². The van der Waals surface area contributed by atoms with E-state index in [0.717, 1.165) is 0 Å². The van der Waals surface area contributed by atoms with E-state index >= 15 is 0 Å². The van der Waals surface area contributed by atoms with E-state index in [1.165, 1.54) is 6.08 Å². The molecule has 0 radical (unpaired) electrons. The highest BCUT2D eigenvalue weighted by Gasteiger charge is 2.09. The fourth-order valence-corrected chi connectivity index (χ4v) is 0.955. The molecule has 0 aliphatic rings. The van der Waals surface area contributed by atoms with Gasteiger partial charge in [-0.05, 0) is 25.1 Å². The van der Waals surface area contributed by atoms with Gasteiger partial charge < -0.3 is 4.74 Å². The first-order valence-corrected chi connectivity index (χ1v) is 4.48. The number of aromatic nitrogens is 1. The molecule has 0 unspecified atom stereocenters. The zero-order valence-electron chi connectivity index (χ0n) is 8.30. The molecule has 0 aromatic carbocycles. The van der Waals surface area contributed by atoms with Gasteiger partial charge in [0.15, 0.2) is 0 Å². The fraction of sp³-hybridized carbons (Fsp3) is 0.182. The molecular weight excluding hydrogens is 192 g/mol. The van der Waals surface area contributed by atoms with E-state index < -0.39 is 5.97 Å². The number of carbonyl (C=O) groups is 1. The van der Waals surface area contributed by atoms with Crippen LogP contribution in [0.5, 0.6) is 0 Å². The molecule has 15 heavy (non-hydrogen) atoms. The van der Waals surface area contributed by atoms with Gasteiger partial charge in [-0.1, -0.05) is 6.07 Å². The van der Waals surface area contributed by atoms with E-state index in [0.29, 0.717) is 5.69 Å². The highest BCUT2D eigenvalue weighted by Crippen LogP contribution is 2.04. The minimum atomic E-state index is -0.620. The molecule has 1 rings (SSSR count). The zero-order valence-corrected chi connectivity index (χ0v) is 8.30. The molecule has 4 nitrogen and oxygen atoms in total. The van der Waals surface area contributed by atoms with Crippen LogP contribution in [-0.2, 0) is 9.53 Å². The third-order valence-electron chi connectivity index (χ3n) is 1.60. The molecule has 0 fully saturated rings. The first-order chi connectivity index (χ1) is 7.27. The lowest BCUT2D eigenvalue weighted by Crippen LogP contribution is -2.06. The van der Waals surface area contributed by atoms with Crippen molar-refractivity contribution in [1.82, 2.24) is 4.98 Å². The highest BCUT2D eigenvalue weighted by atomic mass is 16.5. The largest absolute Gasteiger partial charge is 0.462 e. The van der Waals surface area contributed by atoms with Gasteiger partial charge in [-0.25, -0.2) is 4.79 Å². The second-order valence-corrected chi connectivity index (χ2v) is 2.64. The number of rotatable bonds is 3. The molecule has 4 heteroatoms. The summed E-state index contributed by atoms with van der Waals surface area (Å²) in [4.78, 5) is 15.2. The van der Waals surface area contributed by atoms with Gasteiger partial charge in [0.25, 0.3) is 0 Å². The van der Waals surface area contributed by atoms with E-state index in [1.807, 2.05) is 0 Å². The van der Waals surface area contributed by atoms with Gasteiger partial charge in [0.05, 0.1) is 12.3 Å². The lowest BCUT2D eigenvalue weighted by molar-refractivity contribution is -0.137. The van der Waals surface area contributed by atoms with Crippen LogP contribution in [0.15, 0.2) is 30.0 Å². The summed E-state index contributed by atoms with van der Waals surface area (Å²) in [6.07, 6.45) is 2.99. The van der Waals surface area contributed by atoms with Crippen molar-refractivity contribution in [3.63, 3.8) is 0 Å². The van der Waals surface area contributed by atoms with E-state index in [9.17, 15) is 4.79 Å². The fourth-order valence-electron chi connectivity index (χ4n) is 0.955. The quantitative estimate of drug-likeness (QED) is 0.424. The normalized spacial score (nSPS) is 10.5. The number of nitrogens with zero attached hydrogens (tertiary/aromatic N) is 2. The Kier molecular flexibility index (Phi) is 4.05. The van der Waals surface area contributed by atoms with E-state index in [2.05, 4.69) is 4.98 Å². The minimum absolute atomic E-state index is 0.0458. The van der Waals surface area contributed by atoms with Crippen LogP contribution in [0.25, 0.3) is 6.08 Å². The summed E-state index contributed by atoms with van der Waals surface area (Å²) in [7, 11) is 0. The Hall–Kier alpha value is -2.15. The molecule has 0 spiro atoms. The van der Waals surface area contributed by atoms with Gasteiger partial charge in [-0.2, -0.15) is 5.26 Å². The molecule has 1 aromatic rings. The lowest BCUT2D eigenvalue weighted by atomic mass is 10.2. The summed E-state index contributed by atoms with van der Waals surface area (Å²) in [6, 6.07) is 7.02. The van der Waals surface area contributed by atoms with E-state index in [4.69, 9.17) is 10.00 Å². The summed E-state index contributed by atoms with van der Waals surface area (Å²) < 4.78 is 4.71. The molecule has 1 heterocycles. The minimum Gasteiger partial charge on any atom is -0.462 e. The smallest absolute Gasteiger partial charge is 0.348 e. The molecule has 1 aromatic heterocycles. The van der Waals surface area contributed by atoms with Gasteiger partial charge >= 0.3 is 5.97 Å². The maximum atomic E-state index is 11.2. The van der Waals surface area contributed by atoms with Crippen LogP contribution in [0.4, 0.5) is 0 Å². The Balaban J connectivity index is 2.89. The number of hydrogen-bond donors (Lipinski definition) is 0. The zero-order chi connectivity index (χ0) is 11.1. The monoisotopic (exact) mass is 202 g/mol. The number of ether oxygens (including phenoxy) is 1. The maximum Gasteiger partial charge on any atom is 0.348 e. The number of carbonyl (C=O) groups excluding carboxylic acids is 1.